The van der Waals surface area contributed by atoms with Gasteiger partial charge < -0.3 is 5.11 Å². The number of allylic oxidation sites excluding steroid dienone is 3. The van der Waals surface area contributed by atoms with Crippen molar-refractivity contribution in [3.63, 3.8) is 0 Å². The summed E-state index contributed by atoms with van der Waals surface area (Å²) in [6.07, 6.45) is 5.93. The van der Waals surface area contributed by atoms with E-state index in [0.29, 0.717) is 0 Å². The molecule has 0 fully saturated rings. The number of nitriles is 1. The van der Waals surface area contributed by atoms with E-state index in [1.54, 1.807) is 18.2 Å². The van der Waals surface area contributed by atoms with Crippen molar-refractivity contribution in [3.05, 3.63) is 79.6 Å². The summed E-state index contributed by atoms with van der Waals surface area (Å²) in [5.41, 5.74) is 0.905. The lowest BCUT2D eigenvalue weighted by Gasteiger charge is -1.92. The average Bonchev–Trinajstić information content (AvgIpc) is 2.41. The molecule has 0 aliphatic carbocycles. The molecule has 1 aromatic rings. The third-order valence-electron chi connectivity index (χ3n) is 1.44. The number of hydrogen-bond donors (Lipinski definition) is 1. The van der Waals surface area contributed by atoms with Crippen LogP contribution in [0.2, 0.25) is 0 Å². The number of hydrogen-bond acceptors (Lipinski definition) is 2. The first-order valence-electron chi connectivity index (χ1n) is 5.33. The van der Waals surface area contributed by atoms with Gasteiger partial charge in [0.15, 0.2) is 0 Å². The Kier molecular flexibility index (Phi) is 14.4. The van der Waals surface area contributed by atoms with Crippen LogP contribution < -0.4 is 0 Å². The van der Waals surface area contributed by atoms with E-state index in [0.717, 1.165) is 5.56 Å². The summed E-state index contributed by atoms with van der Waals surface area (Å²) in [5.74, 6) is 0.0766. The van der Waals surface area contributed by atoms with E-state index in [-0.39, 0.29) is 5.76 Å². The SMILES string of the molecule is C=C.C=CC.N#CC=CC(O)=Cc1ccccc1. The van der Waals surface area contributed by atoms with Crippen molar-refractivity contribution in [2.24, 2.45) is 0 Å². The zero-order chi connectivity index (χ0) is 14.2. The molecule has 0 amide bonds. The summed E-state index contributed by atoms with van der Waals surface area (Å²) in [4.78, 5) is 0. The molecule has 0 aromatic heterocycles. The Morgan fingerprint density at radius 1 is 1.28 bits per heavy atom. The van der Waals surface area contributed by atoms with E-state index in [4.69, 9.17) is 5.26 Å². The Labute approximate surface area is 110 Å². The van der Waals surface area contributed by atoms with Crippen molar-refractivity contribution in [2.75, 3.05) is 0 Å². The lowest BCUT2D eigenvalue weighted by Crippen LogP contribution is -1.75. The smallest absolute Gasteiger partial charge is 0.116 e. The van der Waals surface area contributed by atoms with Gasteiger partial charge in [0.1, 0.15) is 5.76 Å². The lowest BCUT2D eigenvalue weighted by atomic mass is 10.2. The van der Waals surface area contributed by atoms with Crippen molar-refractivity contribution in [1.82, 2.24) is 0 Å². The van der Waals surface area contributed by atoms with Gasteiger partial charge in [-0.05, 0) is 24.6 Å². The van der Waals surface area contributed by atoms with E-state index in [1.165, 1.54) is 12.2 Å². The fourth-order valence-electron chi connectivity index (χ4n) is 0.891. The molecule has 94 valence electrons. The van der Waals surface area contributed by atoms with Crippen molar-refractivity contribution in [3.8, 4) is 6.07 Å². The van der Waals surface area contributed by atoms with Gasteiger partial charge in [-0.1, -0.05) is 36.4 Å². The fourth-order valence-corrected chi connectivity index (χ4v) is 0.891. The summed E-state index contributed by atoms with van der Waals surface area (Å²) < 4.78 is 0. The van der Waals surface area contributed by atoms with E-state index < -0.39 is 0 Å². The minimum absolute atomic E-state index is 0.0766. The minimum Gasteiger partial charge on any atom is -0.508 e. The molecule has 1 aromatic carbocycles. The van der Waals surface area contributed by atoms with Crippen molar-refractivity contribution in [2.45, 2.75) is 6.92 Å². The maximum absolute atomic E-state index is 9.26. The van der Waals surface area contributed by atoms with Crippen LogP contribution in [0, 0.1) is 11.3 Å². The lowest BCUT2D eigenvalue weighted by molar-refractivity contribution is 0.438. The summed E-state index contributed by atoms with van der Waals surface area (Å²) in [6.45, 7) is 11.2. The highest BCUT2D eigenvalue weighted by atomic mass is 16.3. The predicted molar refractivity (Wildman–Crippen MR) is 78.9 cm³/mol. The van der Waals surface area contributed by atoms with Crippen LogP contribution in [0.5, 0.6) is 0 Å². The number of aliphatic hydroxyl groups is 1. The van der Waals surface area contributed by atoms with Crippen LogP contribution in [-0.4, -0.2) is 5.11 Å². The van der Waals surface area contributed by atoms with Gasteiger partial charge in [0.25, 0.3) is 0 Å². The summed E-state index contributed by atoms with van der Waals surface area (Å²) in [7, 11) is 0. The van der Waals surface area contributed by atoms with Crippen LogP contribution in [0.3, 0.4) is 0 Å². The van der Waals surface area contributed by atoms with E-state index in [2.05, 4.69) is 19.7 Å². The number of rotatable bonds is 2. The highest BCUT2D eigenvalue weighted by Gasteiger charge is 1.87. The molecule has 0 aliphatic rings. The Bertz CT molecular complexity index is 410. The standard InChI is InChI=1S/C11H9NO.C3H6.C2H4/c12-8-4-7-11(13)9-10-5-2-1-3-6-10;1-3-2;1-2/h1-7,9,13H;3H,1H2,2H3;1-2H2. The van der Waals surface area contributed by atoms with Crippen LogP contribution in [-0.2, 0) is 0 Å². The zero-order valence-electron chi connectivity index (χ0n) is 10.7. The Morgan fingerprint density at radius 3 is 2.22 bits per heavy atom. The normalized spacial score (nSPS) is 9.22. The Hall–Kier alpha value is -2.53. The van der Waals surface area contributed by atoms with Gasteiger partial charge in [-0.2, -0.15) is 5.26 Å². The highest BCUT2D eigenvalue weighted by molar-refractivity contribution is 5.53. The molecule has 1 rings (SSSR count). The van der Waals surface area contributed by atoms with Gasteiger partial charge in [-0.3, -0.25) is 0 Å². The predicted octanol–water partition coefficient (Wildman–Crippen LogP) is 4.66. The molecule has 18 heavy (non-hydrogen) atoms. The number of aliphatic hydroxyl groups excluding tert-OH is 1. The highest BCUT2D eigenvalue weighted by Crippen LogP contribution is 2.04. The van der Waals surface area contributed by atoms with Gasteiger partial charge >= 0.3 is 0 Å². The molecule has 0 saturated carbocycles. The zero-order valence-corrected chi connectivity index (χ0v) is 10.7. The van der Waals surface area contributed by atoms with Crippen molar-refractivity contribution in [1.29, 1.82) is 5.26 Å². The van der Waals surface area contributed by atoms with Gasteiger partial charge in [-0.25, -0.2) is 0 Å². The quantitative estimate of drug-likeness (QED) is 0.354. The number of nitrogens with zero attached hydrogens (tertiary/aromatic N) is 1. The molecule has 0 aliphatic heterocycles. The first-order valence-corrected chi connectivity index (χ1v) is 5.33. The minimum atomic E-state index is 0.0766. The first kappa shape index (κ1) is 17.9. The van der Waals surface area contributed by atoms with Gasteiger partial charge in [0.05, 0.1) is 6.07 Å². The summed E-state index contributed by atoms with van der Waals surface area (Å²) in [6, 6.07) is 11.2. The maximum atomic E-state index is 9.26. The van der Waals surface area contributed by atoms with Crippen LogP contribution in [0.1, 0.15) is 12.5 Å². The van der Waals surface area contributed by atoms with Gasteiger partial charge in [0, 0.05) is 6.08 Å². The second-order valence-electron chi connectivity index (χ2n) is 2.85. The van der Waals surface area contributed by atoms with E-state index >= 15 is 0 Å². The monoisotopic (exact) mass is 241 g/mol. The second kappa shape index (κ2) is 14.5. The van der Waals surface area contributed by atoms with Crippen molar-refractivity contribution < 1.29 is 5.11 Å². The summed E-state index contributed by atoms with van der Waals surface area (Å²) >= 11 is 0. The molecule has 0 bridgehead atoms. The Balaban J connectivity index is 0. The molecule has 0 atom stereocenters. The molecule has 1 N–H and O–H groups in total. The number of benzene rings is 1. The average molecular weight is 241 g/mol. The molecule has 0 radical (unpaired) electrons. The molecule has 2 heteroatoms. The largest absolute Gasteiger partial charge is 0.508 e. The molecule has 0 saturated heterocycles. The molecular formula is C16H19NO. The molecular weight excluding hydrogens is 222 g/mol. The van der Waals surface area contributed by atoms with E-state index in [9.17, 15) is 5.11 Å². The third-order valence-corrected chi connectivity index (χ3v) is 1.44. The molecule has 0 spiro atoms. The Morgan fingerprint density at radius 2 is 1.78 bits per heavy atom. The molecule has 0 heterocycles. The van der Waals surface area contributed by atoms with Crippen LogP contribution in [0.15, 0.2) is 74.1 Å². The summed E-state index contributed by atoms with van der Waals surface area (Å²) in [5, 5.41) is 17.5. The van der Waals surface area contributed by atoms with Crippen LogP contribution in [0.25, 0.3) is 6.08 Å². The van der Waals surface area contributed by atoms with Gasteiger partial charge in [-0.15, -0.1) is 19.7 Å². The second-order valence-corrected chi connectivity index (χ2v) is 2.85. The van der Waals surface area contributed by atoms with E-state index in [1.807, 2.05) is 37.3 Å². The topological polar surface area (TPSA) is 44.0 Å². The molecule has 2 nitrogen and oxygen atoms in total. The molecule has 0 unspecified atom stereocenters. The van der Waals surface area contributed by atoms with Crippen LogP contribution >= 0.6 is 0 Å². The first-order chi connectivity index (χ1) is 8.74. The maximum Gasteiger partial charge on any atom is 0.116 e. The third kappa shape index (κ3) is 11.5. The van der Waals surface area contributed by atoms with Crippen molar-refractivity contribution >= 4 is 6.08 Å². The fraction of sp³-hybridized carbons (Fsp3) is 0.0625. The van der Waals surface area contributed by atoms with Gasteiger partial charge in [0.2, 0.25) is 0 Å². The van der Waals surface area contributed by atoms with Crippen LogP contribution in [0.4, 0.5) is 0 Å².